The summed E-state index contributed by atoms with van der Waals surface area (Å²) in [5, 5.41) is 0. The highest BCUT2D eigenvalue weighted by Gasteiger charge is 2.32. The van der Waals surface area contributed by atoms with Gasteiger partial charge in [0.25, 0.3) is 0 Å². The van der Waals surface area contributed by atoms with Gasteiger partial charge in [0.05, 0.1) is 25.2 Å². The van der Waals surface area contributed by atoms with Gasteiger partial charge in [-0.1, -0.05) is 0 Å². The van der Waals surface area contributed by atoms with E-state index in [4.69, 9.17) is 4.74 Å². The van der Waals surface area contributed by atoms with Crippen LogP contribution >= 0.6 is 0 Å². The molecule has 0 aromatic carbocycles. The first-order valence-corrected chi connectivity index (χ1v) is 4.26. The van der Waals surface area contributed by atoms with Crippen LogP contribution in [0.1, 0.15) is 26.7 Å². The molecule has 1 saturated heterocycles. The first-order valence-electron chi connectivity index (χ1n) is 4.26. The van der Waals surface area contributed by atoms with E-state index in [2.05, 4.69) is 4.74 Å². The molecule has 1 rings (SSSR count). The van der Waals surface area contributed by atoms with E-state index in [-0.39, 0.29) is 11.4 Å². The molecule has 1 heterocycles. The van der Waals surface area contributed by atoms with Crippen molar-refractivity contribution in [1.29, 1.82) is 0 Å². The second-order valence-electron chi connectivity index (χ2n) is 3.87. The van der Waals surface area contributed by atoms with Crippen molar-refractivity contribution < 1.29 is 14.3 Å². The number of carbonyl (C=O) groups excluding carboxylic acids is 1. The maximum atomic E-state index is 11.2. The Bertz CT molecular complexity index is 171. The number of epoxide rings is 1. The van der Waals surface area contributed by atoms with E-state index in [1.165, 1.54) is 7.11 Å². The van der Waals surface area contributed by atoms with Crippen LogP contribution in [0.3, 0.4) is 0 Å². The summed E-state index contributed by atoms with van der Waals surface area (Å²) in [7, 11) is 1.43. The van der Waals surface area contributed by atoms with Crippen LogP contribution in [0.2, 0.25) is 0 Å². The van der Waals surface area contributed by atoms with Crippen molar-refractivity contribution in [3.8, 4) is 0 Å². The van der Waals surface area contributed by atoms with Crippen LogP contribution in [0.15, 0.2) is 0 Å². The Hall–Kier alpha value is -0.570. The molecule has 0 spiro atoms. The summed E-state index contributed by atoms with van der Waals surface area (Å²) in [5.41, 5.74) is -0.360. The van der Waals surface area contributed by atoms with Crippen LogP contribution < -0.4 is 0 Å². The molecule has 0 amide bonds. The first-order chi connectivity index (χ1) is 5.56. The van der Waals surface area contributed by atoms with Crippen molar-refractivity contribution in [1.82, 2.24) is 0 Å². The molecule has 0 saturated carbocycles. The molecule has 0 aliphatic carbocycles. The van der Waals surface area contributed by atoms with E-state index in [9.17, 15) is 4.79 Å². The van der Waals surface area contributed by atoms with Crippen LogP contribution in [0.4, 0.5) is 0 Å². The highest BCUT2D eigenvalue weighted by molar-refractivity contribution is 5.75. The standard InChI is InChI=1S/C9H16O3/c1-9(2,8(10)11-3)5-4-7-6-12-7/h7H,4-6H2,1-3H3. The Balaban J connectivity index is 2.29. The first kappa shape index (κ1) is 9.52. The molecule has 0 bridgehead atoms. The topological polar surface area (TPSA) is 38.8 Å². The lowest BCUT2D eigenvalue weighted by molar-refractivity contribution is -0.151. The van der Waals surface area contributed by atoms with Gasteiger partial charge in [-0.2, -0.15) is 0 Å². The number of methoxy groups -OCH3 is 1. The SMILES string of the molecule is COC(=O)C(C)(C)CCC1CO1. The fourth-order valence-electron chi connectivity index (χ4n) is 1.13. The summed E-state index contributed by atoms with van der Waals surface area (Å²) in [6, 6.07) is 0. The van der Waals surface area contributed by atoms with Crippen LogP contribution in [-0.4, -0.2) is 25.8 Å². The zero-order valence-electron chi connectivity index (χ0n) is 7.92. The summed E-state index contributed by atoms with van der Waals surface area (Å²) in [4.78, 5) is 11.2. The molecule has 0 aromatic rings. The van der Waals surface area contributed by atoms with E-state index < -0.39 is 0 Å². The zero-order chi connectivity index (χ0) is 9.19. The van der Waals surface area contributed by atoms with Crippen molar-refractivity contribution in [2.45, 2.75) is 32.8 Å². The maximum absolute atomic E-state index is 11.2. The van der Waals surface area contributed by atoms with Crippen molar-refractivity contribution in [2.24, 2.45) is 5.41 Å². The Morgan fingerprint density at radius 2 is 2.25 bits per heavy atom. The third-order valence-electron chi connectivity index (χ3n) is 2.23. The minimum absolute atomic E-state index is 0.136. The third-order valence-corrected chi connectivity index (χ3v) is 2.23. The van der Waals surface area contributed by atoms with Crippen LogP contribution in [0, 0.1) is 5.41 Å². The van der Waals surface area contributed by atoms with Gasteiger partial charge in [0, 0.05) is 0 Å². The van der Waals surface area contributed by atoms with Crippen LogP contribution in [0.5, 0.6) is 0 Å². The van der Waals surface area contributed by atoms with Gasteiger partial charge in [-0.05, 0) is 26.7 Å². The van der Waals surface area contributed by atoms with Crippen molar-refractivity contribution in [3.63, 3.8) is 0 Å². The average Bonchev–Trinajstić information content (AvgIpc) is 2.82. The lowest BCUT2D eigenvalue weighted by atomic mass is 9.87. The Labute approximate surface area is 73.0 Å². The van der Waals surface area contributed by atoms with Crippen LogP contribution in [0.25, 0.3) is 0 Å². The van der Waals surface area contributed by atoms with Gasteiger partial charge in [-0.3, -0.25) is 4.79 Å². The number of esters is 1. The Morgan fingerprint density at radius 3 is 2.67 bits per heavy atom. The number of rotatable bonds is 4. The lowest BCUT2D eigenvalue weighted by Crippen LogP contribution is -2.25. The van der Waals surface area contributed by atoms with Crippen molar-refractivity contribution >= 4 is 5.97 Å². The highest BCUT2D eigenvalue weighted by Crippen LogP contribution is 2.28. The second-order valence-corrected chi connectivity index (χ2v) is 3.87. The van der Waals surface area contributed by atoms with Crippen LogP contribution in [-0.2, 0) is 14.3 Å². The molecular formula is C9H16O3. The fraction of sp³-hybridized carbons (Fsp3) is 0.889. The van der Waals surface area contributed by atoms with E-state index in [0.29, 0.717) is 6.10 Å². The van der Waals surface area contributed by atoms with Crippen molar-refractivity contribution in [3.05, 3.63) is 0 Å². The molecule has 1 atom stereocenters. The third kappa shape index (κ3) is 2.48. The molecule has 12 heavy (non-hydrogen) atoms. The Morgan fingerprint density at radius 1 is 1.67 bits per heavy atom. The minimum Gasteiger partial charge on any atom is -0.469 e. The number of hydrogen-bond donors (Lipinski definition) is 0. The lowest BCUT2D eigenvalue weighted by Gasteiger charge is -2.20. The molecule has 1 unspecified atom stereocenters. The quantitative estimate of drug-likeness (QED) is 0.475. The van der Waals surface area contributed by atoms with Gasteiger partial charge in [0.1, 0.15) is 0 Å². The molecule has 1 aliphatic heterocycles. The molecule has 1 fully saturated rings. The van der Waals surface area contributed by atoms with Gasteiger partial charge < -0.3 is 9.47 Å². The summed E-state index contributed by atoms with van der Waals surface area (Å²) in [6.45, 7) is 4.67. The van der Waals surface area contributed by atoms with Gasteiger partial charge in [-0.15, -0.1) is 0 Å². The van der Waals surface area contributed by atoms with E-state index in [0.717, 1.165) is 19.4 Å². The van der Waals surface area contributed by atoms with Gasteiger partial charge in [-0.25, -0.2) is 0 Å². The van der Waals surface area contributed by atoms with E-state index in [1.54, 1.807) is 0 Å². The number of hydrogen-bond acceptors (Lipinski definition) is 3. The average molecular weight is 172 g/mol. The van der Waals surface area contributed by atoms with Crippen molar-refractivity contribution in [2.75, 3.05) is 13.7 Å². The summed E-state index contributed by atoms with van der Waals surface area (Å²) in [6.07, 6.45) is 2.20. The highest BCUT2D eigenvalue weighted by atomic mass is 16.6. The largest absolute Gasteiger partial charge is 0.469 e. The monoisotopic (exact) mass is 172 g/mol. The molecule has 70 valence electrons. The molecule has 0 N–H and O–H groups in total. The molecular weight excluding hydrogens is 156 g/mol. The number of carbonyl (C=O) groups is 1. The predicted molar refractivity (Wildman–Crippen MR) is 44.8 cm³/mol. The summed E-state index contributed by atoms with van der Waals surface area (Å²) < 4.78 is 9.75. The molecule has 0 aromatic heterocycles. The number of ether oxygens (including phenoxy) is 2. The maximum Gasteiger partial charge on any atom is 0.311 e. The van der Waals surface area contributed by atoms with Gasteiger partial charge >= 0.3 is 5.97 Å². The van der Waals surface area contributed by atoms with Gasteiger partial charge in [0.15, 0.2) is 0 Å². The molecule has 0 radical (unpaired) electrons. The van der Waals surface area contributed by atoms with Gasteiger partial charge in [0.2, 0.25) is 0 Å². The zero-order valence-corrected chi connectivity index (χ0v) is 7.92. The predicted octanol–water partition coefficient (Wildman–Crippen LogP) is 1.36. The fourth-order valence-corrected chi connectivity index (χ4v) is 1.13. The smallest absolute Gasteiger partial charge is 0.311 e. The second kappa shape index (κ2) is 3.44. The molecule has 1 aliphatic rings. The Kier molecular flexibility index (Phi) is 2.73. The normalized spacial score (nSPS) is 22.1. The summed E-state index contributed by atoms with van der Waals surface area (Å²) >= 11 is 0. The summed E-state index contributed by atoms with van der Waals surface area (Å²) in [5.74, 6) is -0.136. The van der Waals surface area contributed by atoms with E-state index in [1.807, 2.05) is 13.8 Å². The molecule has 3 nitrogen and oxygen atoms in total. The minimum atomic E-state index is -0.360. The van der Waals surface area contributed by atoms with E-state index >= 15 is 0 Å². The molecule has 3 heteroatoms.